The van der Waals surface area contributed by atoms with E-state index < -0.39 is 42.7 Å². The predicted octanol–water partition coefficient (Wildman–Crippen LogP) is 1.31. The van der Waals surface area contributed by atoms with Gasteiger partial charge in [0.25, 0.3) is 5.91 Å². The molecule has 0 aliphatic heterocycles. The first-order valence-electron chi connectivity index (χ1n) is 4.88. The van der Waals surface area contributed by atoms with Crippen LogP contribution in [0.5, 0.6) is 0 Å². The molecule has 1 aromatic rings. The van der Waals surface area contributed by atoms with Crippen molar-refractivity contribution < 1.29 is 32.3 Å². The molecule has 0 radical (unpaired) electrons. The molecule has 0 atom stereocenters. The molecule has 0 unspecified atom stereocenters. The number of hydrogen-bond donors (Lipinski definition) is 1. The SMILES string of the molecule is O=C(O)CN(CC(F)(F)F)C(=O)c1ccc(F)cn1. The van der Waals surface area contributed by atoms with E-state index in [0.29, 0.717) is 6.20 Å². The van der Waals surface area contributed by atoms with E-state index in [2.05, 4.69) is 4.98 Å². The largest absolute Gasteiger partial charge is 0.480 e. The van der Waals surface area contributed by atoms with Crippen LogP contribution in [-0.4, -0.2) is 46.1 Å². The van der Waals surface area contributed by atoms with Crippen LogP contribution in [0, 0.1) is 5.82 Å². The van der Waals surface area contributed by atoms with E-state index in [-0.39, 0.29) is 4.90 Å². The molecule has 9 heteroatoms. The third kappa shape index (κ3) is 4.90. The summed E-state index contributed by atoms with van der Waals surface area (Å²) in [6, 6.07) is 1.72. The van der Waals surface area contributed by atoms with Crippen molar-refractivity contribution in [2.75, 3.05) is 13.1 Å². The molecule has 0 saturated heterocycles. The maximum atomic E-state index is 12.6. The number of carboxylic acids is 1. The molecular weight excluding hydrogens is 272 g/mol. The maximum Gasteiger partial charge on any atom is 0.406 e. The predicted molar refractivity (Wildman–Crippen MR) is 53.8 cm³/mol. The highest BCUT2D eigenvalue weighted by Gasteiger charge is 2.34. The summed E-state index contributed by atoms with van der Waals surface area (Å²) in [5, 5.41) is 8.48. The zero-order chi connectivity index (χ0) is 14.6. The van der Waals surface area contributed by atoms with Gasteiger partial charge in [0.1, 0.15) is 24.6 Å². The molecule has 5 nitrogen and oxygen atoms in total. The Morgan fingerprint density at radius 3 is 2.37 bits per heavy atom. The van der Waals surface area contributed by atoms with Crippen molar-refractivity contribution in [2.45, 2.75) is 6.18 Å². The number of hydrogen-bond acceptors (Lipinski definition) is 3. The van der Waals surface area contributed by atoms with E-state index in [9.17, 15) is 27.2 Å². The molecule has 0 saturated carbocycles. The first-order valence-corrected chi connectivity index (χ1v) is 4.88. The van der Waals surface area contributed by atoms with Gasteiger partial charge in [-0.15, -0.1) is 0 Å². The maximum absolute atomic E-state index is 12.6. The third-order valence-electron chi connectivity index (χ3n) is 1.93. The van der Waals surface area contributed by atoms with Crippen LogP contribution in [0.4, 0.5) is 17.6 Å². The minimum atomic E-state index is -4.74. The molecule has 104 valence electrons. The third-order valence-corrected chi connectivity index (χ3v) is 1.93. The van der Waals surface area contributed by atoms with Gasteiger partial charge in [-0.3, -0.25) is 9.59 Å². The van der Waals surface area contributed by atoms with Crippen molar-refractivity contribution >= 4 is 11.9 Å². The highest BCUT2D eigenvalue weighted by atomic mass is 19.4. The second-order valence-electron chi connectivity index (χ2n) is 3.53. The minimum Gasteiger partial charge on any atom is -0.480 e. The van der Waals surface area contributed by atoms with E-state index >= 15 is 0 Å². The standard InChI is InChI=1S/C10H8F4N2O3/c11-6-1-2-7(15-3-6)9(19)16(4-8(17)18)5-10(12,13)14/h1-3H,4-5H2,(H,17,18). The van der Waals surface area contributed by atoms with Crippen molar-refractivity contribution in [2.24, 2.45) is 0 Å². The molecular formula is C10H8F4N2O3. The van der Waals surface area contributed by atoms with Crippen molar-refractivity contribution in [1.29, 1.82) is 0 Å². The Kier molecular flexibility index (Phi) is 4.41. The van der Waals surface area contributed by atoms with Crippen molar-refractivity contribution in [3.63, 3.8) is 0 Å². The lowest BCUT2D eigenvalue weighted by Gasteiger charge is -2.21. The Balaban J connectivity index is 2.93. The van der Waals surface area contributed by atoms with Crippen LogP contribution in [0.1, 0.15) is 10.5 Å². The van der Waals surface area contributed by atoms with Crippen molar-refractivity contribution in [3.05, 3.63) is 29.8 Å². The van der Waals surface area contributed by atoms with Crippen molar-refractivity contribution in [3.8, 4) is 0 Å². The van der Waals surface area contributed by atoms with Gasteiger partial charge in [-0.05, 0) is 12.1 Å². The summed E-state index contributed by atoms with van der Waals surface area (Å²) in [5.41, 5.74) is -0.466. The van der Waals surface area contributed by atoms with Crippen LogP contribution >= 0.6 is 0 Å². The van der Waals surface area contributed by atoms with Crippen molar-refractivity contribution in [1.82, 2.24) is 9.88 Å². The van der Waals surface area contributed by atoms with E-state index in [4.69, 9.17) is 5.11 Å². The normalized spacial score (nSPS) is 11.2. The summed E-state index contributed by atoms with van der Waals surface area (Å²) in [4.78, 5) is 25.5. The van der Waals surface area contributed by atoms with Crippen LogP contribution in [-0.2, 0) is 4.79 Å². The lowest BCUT2D eigenvalue weighted by molar-refractivity contribution is -0.149. The Morgan fingerprint density at radius 1 is 1.32 bits per heavy atom. The van der Waals surface area contributed by atoms with Gasteiger partial charge in [0.05, 0.1) is 6.20 Å². The summed E-state index contributed by atoms with van der Waals surface area (Å²) in [7, 11) is 0. The number of rotatable bonds is 4. The smallest absolute Gasteiger partial charge is 0.406 e. The monoisotopic (exact) mass is 280 g/mol. The topological polar surface area (TPSA) is 70.5 Å². The number of carbonyl (C=O) groups excluding carboxylic acids is 1. The number of amides is 1. The summed E-state index contributed by atoms with van der Waals surface area (Å²) in [5.74, 6) is -3.60. The zero-order valence-electron chi connectivity index (χ0n) is 9.32. The number of alkyl halides is 3. The molecule has 19 heavy (non-hydrogen) atoms. The van der Waals surface area contributed by atoms with Crippen LogP contribution in [0.3, 0.4) is 0 Å². The summed E-state index contributed by atoms with van der Waals surface area (Å²) < 4.78 is 49.3. The average molecular weight is 280 g/mol. The molecule has 0 fully saturated rings. The van der Waals surface area contributed by atoms with E-state index in [1.54, 1.807) is 0 Å². The number of nitrogens with zero attached hydrogens (tertiary/aromatic N) is 2. The molecule has 1 N–H and O–H groups in total. The van der Waals surface area contributed by atoms with Crippen LogP contribution in [0.25, 0.3) is 0 Å². The Labute approximate surface area is 104 Å². The Bertz CT molecular complexity index is 473. The quantitative estimate of drug-likeness (QED) is 0.844. The number of pyridine rings is 1. The second-order valence-corrected chi connectivity index (χ2v) is 3.53. The van der Waals surface area contributed by atoms with Gasteiger partial charge in [-0.2, -0.15) is 13.2 Å². The number of halogens is 4. The molecule has 0 aliphatic carbocycles. The lowest BCUT2D eigenvalue weighted by Crippen LogP contribution is -2.42. The summed E-state index contributed by atoms with van der Waals surface area (Å²) >= 11 is 0. The molecule has 1 amide bonds. The van der Waals surface area contributed by atoms with Gasteiger partial charge in [-0.1, -0.05) is 0 Å². The Hall–Kier alpha value is -2.19. The fourth-order valence-corrected chi connectivity index (χ4v) is 1.24. The molecule has 1 rings (SSSR count). The van der Waals surface area contributed by atoms with Gasteiger partial charge in [0.15, 0.2) is 0 Å². The zero-order valence-corrected chi connectivity index (χ0v) is 9.32. The molecule has 0 spiro atoms. The number of aliphatic carboxylic acids is 1. The summed E-state index contributed by atoms with van der Waals surface area (Å²) in [6.07, 6.45) is -4.09. The molecule has 0 aromatic carbocycles. The van der Waals surface area contributed by atoms with Crippen LogP contribution in [0.2, 0.25) is 0 Å². The number of aromatic nitrogens is 1. The highest BCUT2D eigenvalue weighted by molar-refractivity contribution is 5.94. The molecule has 1 heterocycles. The first kappa shape index (κ1) is 14.9. The Morgan fingerprint density at radius 2 is 1.95 bits per heavy atom. The molecule has 0 aliphatic rings. The first-order chi connectivity index (χ1) is 8.69. The fraction of sp³-hybridized carbons (Fsp3) is 0.300. The average Bonchev–Trinajstić information content (AvgIpc) is 2.25. The highest BCUT2D eigenvalue weighted by Crippen LogP contribution is 2.17. The van der Waals surface area contributed by atoms with E-state index in [1.165, 1.54) is 0 Å². The van der Waals surface area contributed by atoms with Gasteiger partial charge in [0, 0.05) is 0 Å². The fourth-order valence-electron chi connectivity index (χ4n) is 1.24. The second kappa shape index (κ2) is 5.63. The lowest BCUT2D eigenvalue weighted by atomic mass is 10.3. The van der Waals surface area contributed by atoms with Gasteiger partial charge in [0.2, 0.25) is 0 Å². The van der Waals surface area contributed by atoms with Gasteiger partial charge >= 0.3 is 12.1 Å². The van der Waals surface area contributed by atoms with E-state index in [0.717, 1.165) is 12.1 Å². The van der Waals surface area contributed by atoms with Gasteiger partial charge in [-0.25, -0.2) is 9.37 Å². The number of carbonyl (C=O) groups is 2. The van der Waals surface area contributed by atoms with Gasteiger partial charge < -0.3 is 10.0 Å². The van der Waals surface area contributed by atoms with Crippen LogP contribution < -0.4 is 0 Å². The van der Waals surface area contributed by atoms with E-state index in [1.807, 2.05) is 0 Å². The summed E-state index contributed by atoms with van der Waals surface area (Å²) in [6.45, 7) is -2.85. The minimum absolute atomic E-state index is 0.0720. The molecule has 0 bridgehead atoms. The number of carboxylic acid groups (broad SMARTS) is 1. The molecule has 1 aromatic heterocycles. The van der Waals surface area contributed by atoms with Crippen LogP contribution in [0.15, 0.2) is 18.3 Å².